The van der Waals surface area contributed by atoms with Gasteiger partial charge in [-0.1, -0.05) is 75.5 Å². The van der Waals surface area contributed by atoms with Gasteiger partial charge in [0, 0.05) is 17.4 Å². The van der Waals surface area contributed by atoms with E-state index >= 15 is 0 Å². The van der Waals surface area contributed by atoms with Crippen molar-refractivity contribution in [3.8, 4) is 22.9 Å². The van der Waals surface area contributed by atoms with Crippen LogP contribution in [0.5, 0.6) is 11.5 Å². The fraction of sp³-hybridized carbons (Fsp3) is 0.189. The molecular formula is C37H42CrN11O8S2-. The SMILES string of the molecule is CC(C)N.CNS(=O)(=O)c1ccc(O)c(N=N[c-]2c(C)nn(-c3ccccc3)c2=O)c1.CNS(=O)(=O)c1ccc(O)c(N=N[c-]2c(C)nn(-c3ccccc3)c2=O)c1.[Cr].[H+]. The zero-order valence-electron chi connectivity index (χ0n) is 33.5. The molecule has 59 heavy (non-hydrogen) atoms. The van der Waals surface area contributed by atoms with Crippen LogP contribution in [-0.2, 0) is 37.4 Å². The van der Waals surface area contributed by atoms with Crippen molar-refractivity contribution in [2.45, 2.75) is 43.5 Å². The van der Waals surface area contributed by atoms with E-state index < -0.39 is 31.2 Å². The van der Waals surface area contributed by atoms with Gasteiger partial charge in [0.05, 0.1) is 21.2 Å². The van der Waals surface area contributed by atoms with Crippen LogP contribution in [0.25, 0.3) is 11.4 Å². The fourth-order valence-corrected chi connectivity index (χ4v) is 6.16. The second-order valence-corrected chi connectivity index (χ2v) is 16.1. The number of azo groups is 2. The van der Waals surface area contributed by atoms with Crippen LogP contribution in [0.3, 0.4) is 0 Å². The summed E-state index contributed by atoms with van der Waals surface area (Å²) in [5, 5.41) is 43.6. The zero-order chi connectivity index (χ0) is 42.8. The number of nitrogens with one attached hydrogen (secondary N) is 2. The Morgan fingerprint density at radius 1 is 0.661 bits per heavy atom. The van der Waals surface area contributed by atoms with Crippen molar-refractivity contribution >= 4 is 42.8 Å². The van der Waals surface area contributed by atoms with E-state index in [1.54, 1.807) is 62.4 Å². The average molecular weight is 885 g/mol. The van der Waals surface area contributed by atoms with Crippen LogP contribution >= 0.6 is 0 Å². The normalized spacial score (nSPS) is 11.5. The van der Waals surface area contributed by atoms with Crippen LogP contribution in [0, 0.1) is 13.8 Å². The summed E-state index contributed by atoms with van der Waals surface area (Å²) in [5.74, 6) is -0.538. The van der Waals surface area contributed by atoms with Gasteiger partial charge in [-0.3, -0.25) is 0 Å². The first-order chi connectivity index (χ1) is 27.4. The molecule has 0 atom stereocenters. The first kappa shape index (κ1) is 47.4. The molecule has 0 amide bonds. The summed E-state index contributed by atoms with van der Waals surface area (Å²) in [6, 6.07) is 25.2. The number of nitrogens with zero attached hydrogens (tertiary/aromatic N) is 8. The molecule has 0 saturated heterocycles. The maximum Gasteiger partial charge on any atom is 1.00 e. The van der Waals surface area contributed by atoms with Crippen LogP contribution in [-0.4, -0.2) is 66.7 Å². The van der Waals surface area contributed by atoms with Gasteiger partial charge in [-0.2, -0.15) is 10.2 Å². The van der Waals surface area contributed by atoms with Gasteiger partial charge in [-0.05, 0) is 80.8 Å². The summed E-state index contributed by atoms with van der Waals surface area (Å²) >= 11 is 0. The number of rotatable bonds is 10. The molecule has 0 aliphatic rings. The Hall–Kier alpha value is -5.99. The van der Waals surface area contributed by atoms with E-state index in [1.807, 2.05) is 26.0 Å². The van der Waals surface area contributed by atoms with Crippen molar-refractivity contribution in [2.24, 2.45) is 26.2 Å². The third kappa shape index (κ3) is 12.0. The van der Waals surface area contributed by atoms with E-state index in [0.29, 0.717) is 28.8 Å². The molecule has 0 spiro atoms. The first-order valence-corrected chi connectivity index (χ1v) is 20.1. The minimum absolute atomic E-state index is 0. The van der Waals surface area contributed by atoms with E-state index in [-0.39, 0.29) is 62.8 Å². The molecule has 0 aliphatic heterocycles. The molecule has 6 aromatic rings. The number of nitrogens with two attached hydrogens (primary N) is 1. The summed E-state index contributed by atoms with van der Waals surface area (Å²) in [6.45, 7) is 7.11. The average Bonchev–Trinajstić information content (AvgIpc) is 3.65. The molecule has 22 heteroatoms. The van der Waals surface area contributed by atoms with Crippen molar-refractivity contribution in [1.29, 1.82) is 0 Å². The molecule has 0 unspecified atom stereocenters. The van der Waals surface area contributed by atoms with Gasteiger partial charge in [-0.25, -0.2) is 45.8 Å². The number of para-hydroxylation sites is 2. The molecule has 0 bridgehead atoms. The Bertz CT molecular complexity index is 2580. The molecule has 2 heterocycles. The number of benzene rings is 4. The van der Waals surface area contributed by atoms with Crippen LogP contribution in [0.1, 0.15) is 26.7 Å². The smallest absolute Gasteiger partial charge is 0.506 e. The predicted octanol–water partition coefficient (Wildman–Crippen LogP) is 5.04. The molecule has 312 valence electrons. The van der Waals surface area contributed by atoms with Gasteiger partial charge in [0.25, 0.3) is 0 Å². The second kappa shape index (κ2) is 20.6. The summed E-state index contributed by atoms with van der Waals surface area (Å²) in [4.78, 5) is 24.9. The number of phenolic OH excluding ortho intramolecular Hbond substituents is 2. The van der Waals surface area contributed by atoms with Gasteiger partial charge >= 0.3 is 1.43 Å². The third-order valence-corrected chi connectivity index (χ3v) is 10.4. The van der Waals surface area contributed by atoms with Gasteiger partial charge in [0.15, 0.2) is 0 Å². The van der Waals surface area contributed by atoms with E-state index in [4.69, 9.17) is 5.73 Å². The molecule has 0 saturated carbocycles. The number of sulfonamides is 2. The molecule has 0 radical (unpaired) electrons. The van der Waals surface area contributed by atoms with Crippen LogP contribution in [0.2, 0.25) is 0 Å². The Balaban J connectivity index is 0.000000368. The minimum Gasteiger partial charge on any atom is -0.506 e. The van der Waals surface area contributed by atoms with Crippen LogP contribution in [0.4, 0.5) is 22.7 Å². The molecule has 0 fully saturated rings. The Morgan fingerprint density at radius 3 is 1.29 bits per heavy atom. The second-order valence-electron chi connectivity index (χ2n) is 12.3. The summed E-state index contributed by atoms with van der Waals surface area (Å²) < 4.78 is 54.3. The Labute approximate surface area is 352 Å². The van der Waals surface area contributed by atoms with Gasteiger partial charge in [0.1, 0.15) is 34.0 Å². The predicted molar refractivity (Wildman–Crippen MR) is 218 cm³/mol. The fourth-order valence-electron chi connectivity index (χ4n) is 4.66. The van der Waals surface area contributed by atoms with Gasteiger partial charge in [-0.15, -0.1) is 11.4 Å². The van der Waals surface area contributed by atoms with Crippen molar-refractivity contribution in [3.63, 3.8) is 0 Å². The zero-order valence-corrected chi connectivity index (χ0v) is 35.4. The van der Waals surface area contributed by atoms with Crippen molar-refractivity contribution in [3.05, 3.63) is 129 Å². The number of hydrogen-bond donors (Lipinski definition) is 5. The number of aryl methyl sites for hydroxylation is 2. The summed E-state index contributed by atoms with van der Waals surface area (Å²) in [7, 11) is -4.87. The molecule has 2 aromatic heterocycles. The van der Waals surface area contributed by atoms with Gasteiger partial charge < -0.3 is 35.8 Å². The number of aromatic hydroxyl groups is 2. The van der Waals surface area contributed by atoms with Crippen molar-refractivity contribution in [1.82, 2.24) is 29.0 Å². The maximum atomic E-state index is 12.5. The third-order valence-electron chi connectivity index (χ3n) is 7.54. The molecule has 4 aromatic carbocycles. The maximum absolute atomic E-state index is 12.5. The van der Waals surface area contributed by atoms with Gasteiger partial charge in [0.2, 0.25) is 20.0 Å². The van der Waals surface area contributed by atoms with Crippen LogP contribution in [0.15, 0.2) is 137 Å². The quantitative estimate of drug-likeness (QED) is 0.0898. The molecule has 6 N–H and O–H groups in total. The number of phenols is 2. The van der Waals surface area contributed by atoms with E-state index in [9.17, 15) is 36.6 Å². The minimum atomic E-state index is -3.71. The summed E-state index contributed by atoms with van der Waals surface area (Å²) in [5.41, 5.74) is 5.86. The Morgan fingerprint density at radius 2 is 0.983 bits per heavy atom. The standard InChI is InChI=1S/2C17H16N5O4S.C3H9N.Cr/c2*1-11-16(17(24)22(21-11)12-6-4-3-5-7-12)20-19-14-10-13(8-9-15(14)23)27(25,26)18-2;1-3(2)4;/h2*3-10,18,23H,1-2H3;3H,4H2,1-2H3;/q2*-1;;/p+1. The topological polar surface area (TPSA) is 278 Å². The Kier molecular flexibility index (Phi) is 16.6. The number of aromatic nitrogens is 4. The first-order valence-electron chi connectivity index (χ1n) is 17.2. The molecule has 19 nitrogen and oxygen atoms in total. The van der Waals surface area contributed by atoms with Crippen LogP contribution < -0.4 is 26.3 Å². The van der Waals surface area contributed by atoms with E-state index in [0.717, 1.165) is 12.1 Å². The number of hydrogen-bond acceptors (Lipinski definition) is 15. The van der Waals surface area contributed by atoms with Crippen molar-refractivity contribution < 1.29 is 45.8 Å². The monoisotopic (exact) mass is 884 g/mol. The van der Waals surface area contributed by atoms with E-state index in [2.05, 4.69) is 40.1 Å². The summed E-state index contributed by atoms with van der Waals surface area (Å²) in [6.07, 6.45) is 0. The molecular weight excluding hydrogens is 843 g/mol. The molecule has 6 rings (SSSR count). The molecule has 0 aliphatic carbocycles. The van der Waals surface area contributed by atoms with Crippen molar-refractivity contribution in [2.75, 3.05) is 14.1 Å². The van der Waals surface area contributed by atoms with E-state index in [1.165, 1.54) is 47.7 Å². The largest absolute Gasteiger partial charge is 1.00 e.